The first kappa shape index (κ1) is 25.3. The molecule has 4 rings (SSSR count). The van der Waals surface area contributed by atoms with E-state index in [2.05, 4.69) is 6.58 Å². The number of ether oxygens (including phenoxy) is 3. The van der Waals surface area contributed by atoms with Crippen molar-refractivity contribution in [2.24, 2.45) is 0 Å². The van der Waals surface area contributed by atoms with Gasteiger partial charge in [0.1, 0.15) is 12.2 Å². The van der Waals surface area contributed by atoms with Gasteiger partial charge in [-0.15, -0.1) is 6.58 Å². The Balaban J connectivity index is 1.52. The molecule has 0 bridgehead atoms. The van der Waals surface area contributed by atoms with Crippen LogP contribution in [0.1, 0.15) is 30.0 Å². The van der Waals surface area contributed by atoms with Crippen LogP contribution in [0.5, 0.6) is 0 Å². The van der Waals surface area contributed by atoms with E-state index >= 15 is 0 Å². The molecule has 1 fully saturated rings. The predicted octanol–water partition coefficient (Wildman–Crippen LogP) is 5.78. The fourth-order valence-electron chi connectivity index (χ4n) is 4.54. The van der Waals surface area contributed by atoms with Gasteiger partial charge >= 0.3 is 0 Å². The Morgan fingerprint density at radius 3 is 1.60 bits per heavy atom. The summed E-state index contributed by atoms with van der Waals surface area (Å²) in [5.74, 6) is 0. The van der Waals surface area contributed by atoms with Gasteiger partial charge in [-0.2, -0.15) is 5.06 Å². The number of nitrogens with zero attached hydrogens (tertiary/aromatic N) is 1. The van der Waals surface area contributed by atoms with Gasteiger partial charge in [0.05, 0.1) is 38.5 Å². The standard InChI is InChI=1S/C30H35NO4/c1-23(2)18-27-29(34-20-25-14-8-4-9-15-25)30(35-21-26-16-10-5-11-17-26)28(31(27)32)22-33-19-24-12-6-3-7-13-24/h3-17,27-30,32H,1,18-22H2,2H3/t27-,28-,29-,30-/m0/s1. The van der Waals surface area contributed by atoms with Crippen LogP contribution in [0.3, 0.4) is 0 Å². The lowest BCUT2D eigenvalue weighted by molar-refractivity contribution is -0.165. The van der Waals surface area contributed by atoms with E-state index in [0.29, 0.717) is 32.8 Å². The average Bonchev–Trinajstić information content (AvgIpc) is 3.12. The van der Waals surface area contributed by atoms with E-state index in [0.717, 1.165) is 22.3 Å². The normalized spacial score (nSPS) is 22.3. The number of hydrogen-bond donors (Lipinski definition) is 1. The van der Waals surface area contributed by atoms with Gasteiger partial charge in [0, 0.05) is 0 Å². The van der Waals surface area contributed by atoms with Crippen molar-refractivity contribution in [2.75, 3.05) is 6.61 Å². The summed E-state index contributed by atoms with van der Waals surface area (Å²) in [6, 6.07) is 29.5. The van der Waals surface area contributed by atoms with E-state index in [-0.39, 0.29) is 24.3 Å². The summed E-state index contributed by atoms with van der Waals surface area (Å²) in [6.07, 6.45) is -0.105. The lowest BCUT2D eigenvalue weighted by Gasteiger charge is -2.26. The molecule has 1 saturated heterocycles. The van der Waals surface area contributed by atoms with Crippen molar-refractivity contribution in [1.82, 2.24) is 5.06 Å². The van der Waals surface area contributed by atoms with Crippen molar-refractivity contribution >= 4 is 0 Å². The third-order valence-electron chi connectivity index (χ3n) is 6.29. The predicted molar refractivity (Wildman–Crippen MR) is 137 cm³/mol. The van der Waals surface area contributed by atoms with Crippen LogP contribution < -0.4 is 0 Å². The monoisotopic (exact) mass is 473 g/mol. The molecule has 3 aromatic rings. The minimum Gasteiger partial charge on any atom is -0.375 e. The van der Waals surface area contributed by atoms with Gasteiger partial charge < -0.3 is 19.4 Å². The molecule has 184 valence electrons. The highest BCUT2D eigenvalue weighted by Gasteiger charge is 2.50. The molecule has 1 aliphatic rings. The van der Waals surface area contributed by atoms with E-state index in [9.17, 15) is 5.21 Å². The van der Waals surface area contributed by atoms with Crippen LogP contribution in [-0.4, -0.2) is 41.2 Å². The largest absolute Gasteiger partial charge is 0.375 e. The van der Waals surface area contributed by atoms with E-state index in [4.69, 9.17) is 14.2 Å². The third-order valence-corrected chi connectivity index (χ3v) is 6.29. The summed E-state index contributed by atoms with van der Waals surface area (Å²) < 4.78 is 19.0. The fourth-order valence-corrected chi connectivity index (χ4v) is 4.54. The van der Waals surface area contributed by atoms with E-state index in [1.807, 2.05) is 97.9 Å². The first-order valence-corrected chi connectivity index (χ1v) is 12.2. The minimum absolute atomic E-state index is 0.276. The van der Waals surface area contributed by atoms with Gasteiger partial charge in [0.2, 0.25) is 0 Å². The number of rotatable bonds is 12. The highest BCUT2D eigenvalue weighted by atomic mass is 16.6. The smallest absolute Gasteiger partial charge is 0.106 e. The van der Waals surface area contributed by atoms with Crippen molar-refractivity contribution in [2.45, 2.75) is 57.5 Å². The van der Waals surface area contributed by atoms with Crippen LogP contribution in [0.2, 0.25) is 0 Å². The molecule has 0 radical (unpaired) electrons. The molecular weight excluding hydrogens is 438 g/mol. The zero-order chi connectivity index (χ0) is 24.5. The van der Waals surface area contributed by atoms with Crippen LogP contribution in [0.25, 0.3) is 0 Å². The molecule has 4 atom stereocenters. The molecule has 0 aromatic heterocycles. The molecule has 0 spiro atoms. The summed E-state index contributed by atoms with van der Waals surface area (Å²) >= 11 is 0. The van der Waals surface area contributed by atoms with Crippen LogP contribution in [0.15, 0.2) is 103 Å². The fraction of sp³-hybridized carbons (Fsp3) is 0.333. The Bertz CT molecular complexity index is 1030. The molecule has 0 aliphatic carbocycles. The van der Waals surface area contributed by atoms with Crippen molar-refractivity contribution in [3.8, 4) is 0 Å². The molecule has 0 amide bonds. The Labute approximate surface area is 208 Å². The lowest BCUT2D eigenvalue weighted by Crippen LogP contribution is -2.40. The van der Waals surface area contributed by atoms with Crippen molar-refractivity contribution in [1.29, 1.82) is 0 Å². The second-order valence-corrected chi connectivity index (χ2v) is 9.20. The molecule has 1 heterocycles. The molecule has 0 unspecified atom stereocenters. The summed E-state index contributed by atoms with van der Waals surface area (Å²) in [4.78, 5) is 0. The Kier molecular flexibility index (Phi) is 9.23. The quantitative estimate of drug-likeness (QED) is 0.338. The van der Waals surface area contributed by atoms with Crippen LogP contribution in [0, 0.1) is 0 Å². The Hall–Kier alpha value is -2.80. The topological polar surface area (TPSA) is 51.2 Å². The summed E-state index contributed by atoms with van der Waals surface area (Å²) in [7, 11) is 0. The Morgan fingerprint density at radius 1 is 0.714 bits per heavy atom. The summed E-state index contributed by atoms with van der Waals surface area (Å²) in [6.45, 7) is 7.72. The van der Waals surface area contributed by atoms with Gasteiger partial charge in [0.15, 0.2) is 0 Å². The maximum atomic E-state index is 11.3. The minimum atomic E-state index is -0.371. The van der Waals surface area contributed by atoms with Gasteiger partial charge in [-0.25, -0.2) is 0 Å². The molecule has 5 nitrogen and oxygen atoms in total. The second-order valence-electron chi connectivity index (χ2n) is 9.20. The molecular formula is C30H35NO4. The molecule has 5 heteroatoms. The van der Waals surface area contributed by atoms with Gasteiger partial charge in [-0.05, 0) is 30.0 Å². The van der Waals surface area contributed by atoms with Crippen LogP contribution >= 0.6 is 0 Å². The molecule has 35 heavy (non-hydrogen) atoms. The second kappa shape index (κ2) is 12.8. The van der Waals surface area contributed by atoms with E-state index in [1.165, 1.54) is 5.06 Å². The highest BCUT2D eigenvalue weighted by molar-refractivity contribution is 5.16. The summed E-state index contributed by atoms with van der Waals surface area (Å²) in [5.41, 5.74) is 4.23. The van der Waals surface area contributed by atoms with Crippen molar-refractivity contribution in [3.05, 3.63) is 120 Å². The van der Waals surface area contributed by atoms with E-state index in [1.54, 1.807) is 0 Å². The highest BCUT2D eigenvalue weighted by Crippen LogP contribution is 2.33. The lowest BCUT2D eigenvalue weighted by atomic mass is 10.0. The molecule has 1 N–H and O–H groups in total. The number of hydroxylamine groups is 2. The first-order chi connectivity index (χ1) is 17.1. The molecule has 1 aliphatic heterocycles. The van der Waals surface area contributed by atoms with E-state index < -0.39 is 0 Å². The van der Waals surface area contributed by atoms with Crippen LogP contribution in [0.4, 0.5) is 0 Å². The zero-order valence-electron chi connectivity index (χ0n) is 20.3. The van der Waals surface area contributed by atoms with Gasteiger partial charge in [-0.1, -0.05) is 96.6 Å². The van der Waals surface area contributed by atoms with Gasteiger partial charge in [0.25, 0.3) is 0 Å². The molecule has 3 aromatic carbocycles. The van der Waals surface area contributed by atoms with Crippen LogP contribution in [-0.2, 0) is 34.0 Å². The third kappa shape index (κ3) is 7.10. The summed E-state index contributed by atoms with van der Waals surface area (Å²) in [5, 5.41) is 12.7. The van der Waals surface area contributed by atoms with Crippen molar-refractivity contribution in [3.63, 3.8) is 0 Å². The van der Waals surface area contributed by atoms with Crippen molar-refractivity contribution < 1.29 is 19.4 Å². The zero-order valence-corrected chi connectivity index (χ0v) is 20.3. The maximum absolute atomic E-state index is 11.3. The molecule has 0 saturated carbocycles. The number of hydrogen-bond acceptors (Lipinski definition) is 5. The average molecular weight is 474 g/mol. The SMILES string of the molecule is C=C(C)C[C@H]1[C@H](OCc2ccccc2)[C@@H](OCc2ccccc2)[C@H](COCc2ccccc2)N1O. The Morgan fingerprint density at radius 2 is 1.14 bits per heavy atom. The number of benzene rings is 3. The maximum Gasteiger partial charge on any atom is 0.106 e. The van der Waals surface area contributed by atoms with Gasteiger partial charge in [-0.3, -0.25) is 0 Å². The first-order valence-electron chi connectivity index (χ1n) is 12.2.